The highest BCUT2D eigenvalue weighted by molar-refractivity contribution is 5.35. The van der Waals surface area contributed by atoms with E-state index in [-0.39, 0.29) is 24.5 Å². The fourth-order valence-corrected chi connectivity index (χ4v) is 2.38. The highest BCUT2D eigenvalue weighted by Crippen LogP contribution is 2.40. The van der Waals surface area contributed by atoms with Crippen LogP contribution in [-0.2, 0) is 18.5 Å². The summed E-state index contributed by atoms with van der Waals surface area (Å²) in [6, 6.07) is 1.23. The zero-order chi connectivity index (χ0) is 23.1. The number of benzene rings is 1. The number of aromatic nitrogens is 1. The molecule has 2 rings (SSSR count). The molecule has 30 heavy (non-hydrogen) atoms. The van der Waals surface area contributed by atoms with Gasteiger partial charge >= 0.3 is 18.5 Å². The third-order valence-electron chi connectivity index (χ3n) is 3.85. The minimum Gasteiger partial charge on any atom is -0.445 e. The number of nitriles is 1. The first-order valence-corrected chi connectivity index (χ1v) is 7.63. The fourth-order valence-electron chi connectivity index (χ4n) is 2.38. The van der Waals surface area contributed by atoms with E-state index in [9.17, 15) is 49.7 Å². The second kappa shape index (κ2) is 7.80. The van der Waals surface area contributed by atoms with Crippen LogP contribution >= 0.6 is 0 Å². The molecule has 3 atom stereocenters. The van der Waals surface area contributed by atoms with Crippen LogP contribution in [0.3, 0.4) is 0 Å². The molecule has 164 valence electrons. The lowest BCUT2D eigenvalue weighted by Gasteiger charge is -2.22. The van der Waals surface area contributed by atoms with Crippen LogP contribution in [0.25, 0.3) is 0 Å². The maximum absolute atomic E-state index is 12.9. The molecule has 5 nitrogen and oxygen atoms in total. The molecule has 0 aliphatic heterocycles. The predicted molar refractivity (Wildman–Crippen MR) is 77.0 cm³/mol. The summed E-state index contributed by atoms with van der Waals surface area (Å²) in [5.74, 6) is -3.33. The SMILES string of the molecule is N#CC(C(O)c1cc(C(F)(F)F)cc(C(F)(F)F)c1)C(O)c1nc(C(F)(F)F)co1. The van der Waals surface area contributed by atoms with E-state index in [1.54, 1.807) is 0 Å². The molecule has 1 aromatic heterocycles. The van der Waals surface area contributed by atoms with E-state index in [2.05, 4.69) is 9.40 Å². The Morgan fingerprint density at radius 3 is 1.70 bits per heavy atom. The minimum absolute atomic E-state index is 0.0748. The van der Waals surface area contributed by atoms with Crippen molar-refractivity contribution in [1.82, 2.24) is 4.98 Å². The van der Waals surface area contributed by atoms with Crippen LogP contribution in [0.1, 0.15) is 40.5 Å². The third-order valence-corrected chi connectivity index (χ3v) is 3.85. The monoisotopic (exact) mass is 448 g/mol. The number of alkyl halides is 9. The van der Waals surface area contributed by atoms with Crippen LogP contribution < -0.4 is 0 Å². The van der Waals surface area contributed by atoms with Gasteiger partial charge < -0.3 is 14.6 Å². The van der Waals surface area contributed by atoms with E-state index in [0.29, 0.717) is 0 Å². The van der Waals surface area contributed by atoms with Gasteiger partial charge in [0.15, 0.2) is 5.69 Å². The molecule has 0 saturated heterocycles. The summed E-state index contributed by atoms with van der Waals surface area (Å²) in [5.41, 5.74) is -6.26. The largest absolute Gasteiger partial charge is 0.445 e. The number of oxazole rings is 1. The van der Waals surface area contributed by atoms with Gasteiger partial charge in [-0.2, -0.15) is 44.8 Å². The summed E-state index contributed by atoms with van der Waals surface area (Å²) in [6.45, 7) is 0. The topological polar surface area (TPSA) is 90.3 Å². The van der Waals surface area contributed by atoms with Crippen molar-refractivity contribution in [1.29, 1.82) is 5.26 Å². The maximum Gasteiger partial charge on any atom is 0.436 e. The van der Waals surface area contributed by atoms with Gasteiger partial charge in [0.2, 0.25) is 5.89 Å². The predicted octanol–water partition coefficient (Wildman–Crippen LogP) is 4.64. The minimum atomic E-state index is -5.25. The van der Waals surface area contributed by atoms with E-state index in [1.165, 1.54) is 6.07 Å². The lowest BCUT2D eigenvalue weighted by molar-refractivity contribution is -0.143. The van der Waals surface area contributed by atoms with Crippen molar-refractivity contribution in [3.8, 4) is 6.07 Å². The van der Waals surface area contributed by atoms with Crippen LogP contribution in [0.4, 0.5) is 39.5 Å². The molecule has 0 aliphatic carbocycles. The van der Waals surface area contributed by atoms with Crippen LogP contribution in [0, 0.1) is 17.2 Å². The third kappa shape index (κ3) is 5.03. The van der Waals surface area contributed by atoms with E-state index in [0.717, 1.165) is 0 Å². The molecular weight excluding hydrogens is 439 g/mol. The van der Waals surface area contributed by atoms with Gasteiger partial charge in [-0.1, -0.05) is 0 Å². The molecule has 1 aromatic carbocycles. The second-order valence-corrected chi connectivity index (χ2v) is 5.95. The van der Waals surface area contributed by atoms with Crippen LogP contribution in [0.2, 0.25) is 0 Å². The van der Waals surface area contributed by atoms with Crippen molar-refractivity contribution in [2.24, 2.45) is 5.92 Å². The molecule has 0 aliphatic rings. The van der Waals surface area contributed by atoms with Crippen LogP contribution in [-0.4, -0.2) is 15.2 Å². The van der Waals surface area contributed by atoms with E-state index < -0.39 is 64.9 Å². The quantitative estimate of drug-likeness (QED) is 0.666. The molecule has 0 amide bonds. The van der Waals surface area contributed by atoms with Gasteiger partial charge in [-0.3, -0.25) is 0 Å². The van der Waals surface area contributed by atoms with Gasteiger partial charge in [0.05, 0.1) is 23.3 Å². The zero-order valence-corrected chi connectivity index (χ0v) is 14.1. The highest BCUT2D eigenvalue weighted by atomic mass is 19.4. The van der Waals surface area contributed by atoms with Gasteiger partial charge in [0, 0.05) is 0 Å². The van der Waals surface area contributed by atoms with Crippen molar-refractivity contribution >= 4 is 0 Å². The molecule has 1 heterocycles. The Morgan fingerprint density at radius 1 is 0.833 bits per heavy atom. The summed E-state index contributed by atoms with van der Waals surface area (Å²) in [7, 11) is 0. The van der Waals surface area contributed by atoms with E-state index in [1.807, 2.05) is 0 Å². The second-order valence-electron chi connectivity index (χ2n) is 5.95. The van der Waals surface area contributed by atoms with Gasteiger partial charge in [-0.25, -0.2) is 4.98 Å². The van der Waals surface area contributed by atoms with E-state index in [4.69, 9.17) is 5.26 Å². The number of rotatable bonds is 4. The first-order valence-electron chi connectivity index (χ1n) is 7.63. The average Bonchev–Trinajstić information content (AvgIpc) is 3.10. The summed E-state index contributed by atoms with van der Waals surface area (Å²) in [6.07, 6.45) is -20.3. The van der Waals surface area contributed by atoms with Gasteiger partial charge in [-0.05, 0) is 23.8 Å². The van der Waals surface area contributed by atoms with Crippen molar-refractivity contribution in [3.05, 3.63) is 52.7 Å². The van der Waals surface area contributed by atoms with Crippen molar-refractivity contribution in [3.63, 3.8) is 0 Å². The number of nitrogens with zero attached hydrogens (tertiary/aromatic N) is 2. The van der Waals surface area contributed by atoms with Gasteiger partial charge in [-0.15, -0.1) is 0 Å². The Balaban J connectivity index is 2.47. The molecule has 2 N–H and O–H groups in total. The van der Waals surface area contributed by atoms with Gasteiger partial charge in [0.1, 0.15) is 18.3 Å². The van der Waals surface area contributed by atoms with Crippen LogP contribution in [0.5, 0.6) is 0 Å². The molecular formula is C16H9F9N2O3. The average molecular weight is 448 g/mol. The molecule has 0 radical (unpaired) electrons. The Morgan fingerprint density at radius 2 is 1.33 bits per heavy atom. The normalized spacial score (nSPS) is 16.1. The molecule has 0 saturated carbocycles. The van der Waals surface area contributed by atoms with Crippen LogP contribution in [0.15, 0.2) is 28.9 Å². The maximum atomic E-state index is 12.9. The molecule has 0 fully saturated rings. The smallest absolute Gasteiger partial charge is 0.436 e. The molecule has 0 bridgehead atoms. The number of halogens is 9. The number of hydrogen-bond donors (Lipinski definition) is 2. The Kier molecular flexibility index (Phi) is 6.11. The number of hydrogen-bond acceptors (Lipinski definition) is 5. The number of aliphatic hydroxyl groups excluding tert-OH is 2. The number of aliphatic hydroxyl groups is 2. The van der Waals surface area contributed by atoms with Crippen molar-refractivity contribution < 1.29 is 54.1 Å². The standard InChI is InChI=1S/C16H9F9N2O3/c17-14(18,19)7-1-6(2-8(3-7)15(20,21)22)11(28)9(4-26)12(29)13-27-10(5-30-13)16(23,24)25/h1-3,5,9,11-12,28-29H. The fraction of sp³-hybridized carbons (Fsp3) is 0.375. The summed E-state index contributed by atoms with van der Waals surface area (Å²) >= 11 is 0. The molecule has 14 heteroatoms. The Bertz CT molecular complexity index is 909. The summed E-state index contributed by atoms with van der Waals surface area (Å²) < 4.78 is 120. The van der Waals surface area contributed by atoms with Crippen molar-refractivity contribution in [2.45, 2.75) is 30.7 Å². The molecule has 2 aromatic rings. The lowest BCUT2D eigenvalue weighted by atomic mass is 9.90. The van der Waals surface area contributed by atoms with Crippen molar-refractivity contribution in [2.75, 3.05) is 0 Å². The first-order chi connectivity index (χ1) is 13.6. The van der Waals surface area contributed by atoms with Gasteiger partial charge in [0.25, 0.3) is 0 Å². The summed E-state index contributed by atoms with van der Waals surface area (Å²) in [4.78, 5) is 2.88. The Labute approximate surface area is 161 Å². The lowest BCUT2D eigenvalue weighted by Crippen LogP contribution is -2.21. The highest BCUT2D eigenvalue weighted by Gasteiger charge is 2.41. The molecule has 0 spiro atoms. The zero-order valence-electron chi connectivity index (χ0n) is 14.1. The molecule has 3 unspecified atom stereocenters. The Hall–Kier alpha value is -2.79. The van der Waals surface area contributed by atoms with E-state index >= 15 is 0 Å². The summed E-state index contributed by atoms with van der Waals surface area (Å²) in [5, 5.41) is 29.3. The first kappa shape index (κ1) is 23.5.